The monoisotopic (exact) mass is 315 g/mol. The predicted octanol–water partition coefficient (Wildman–Crippen LogP) is 3.58. The number of hydrogen-bond acceptors (Lipinski definition) is 4. The molecule has 0 aliphatic carbocycles. The molecule has 7 heteroatoms. The number of para-hydroxylation sites is 1. The maximum atomic E-state index is 13.5. The van der Waals surface area contributed by atoms with Gasteiger partial charge in [0.05, 0.1) is 0 Å². The highest BCUT2D eigenvalue weighted by atomic mass is 19.1. The van der Waals surface area contributed by atoms with E-state index in [1.807, 2.05) is 0 Å². The summed E-state index contributed by atoms with van der Waals surface area (Å²) < 4.78 is 32.3. The van der Waals surface area contributed by atoms with E-state index in [1.54, 1.807) is 19.1 Å². The average molecular weight is 315 g/mol. The SMILES string of the molecule is Cc1nnc(-c2ccc(C(=O)Nc3c(F)cccc3F)cc2)o1. The predicted molar refractivity (Wildman–Crippen MR) is 78.8 cm³/mol. The Morgan fingerprint density at radius 2 is 1.70 bits per heavy atom. The van der Waals surface area contributed by atoms with Gasteiger partial charge in [-0.1, -0.05) is 6.07 Å². The lowest BCUT2D eigenvalue weighted by Gasteiger charge is -2.07. The minimum absolute atomic E-state index is 0.243. The summed E-state index contributed by atoms with van der Waals surface area (Å²) in [6.07, 6.45) is 0. The van der Waals surface area contributed by atoms with Gasteiger partial charge >= 0.3 is 0 Å². The van der Waals surface area contributed by atoms with Crippen molar-refractivity contribution in [1.82, 2.24) is 10.2 Å². The molecule has 0 aliphatic heterocycles. The van der Waals surface area contributed by atoms with Crippen LogP contribution < -0.4 is 5.32 Å². The lowest BCUT2D eigenvalue weighted by molar-refractivity contribution is 0.102. The Balaban J connectivity index is 1.81. The molecule has 1 heterocycles. The summed E-state index contributed by atoms with van der Waals surface area (Å²) >= 11 is 0. The van der Waals surface area contributed by atoms with Gasteiger partial charge in [-0.25, -0.2) is 8.78 Å². The average Bonchev–Trinajstić information content (AvgIpc) is 2.97. The number of anilines is 1. The molecule has 1 amide bonds. The number of nitrogens with one attached hydrogen (secondary N) is 1. The van der Waals surface area contributed by atoms with Crippen LogP contribution in [0.3, 0.4) is 0 Å². The molecule has 0 saturated carbocycles. The van der Waals surface area contributed by atoms with Gasteiger partial charge in [0.2, 0.25) is 11.8 Å². The zero-order valence-electron chi connectivity index (χ0n) is 12.0. The fraction of sp³-hybridized carbons (Fsp3) is 0.0625. The molecule has 0 unspecified atom stereocenters. The van der Waals surface area contributed by atoms with Gasteiger partial charge in [0, 0.05) is 18.1 Å². The molecular formula is C16H11F2N3O2. The van der Waals surface area contributed by atoms with Crippen LogP contribution in [0.5, 0.6) is 0 Å². The first-order valence-corrected chi connectivity index (χ1v) is 6.70. The smallest absolute Gasteiger partial charge is 0.255 e. The first-order chi connectivity index (χ1) is 11.0. The zero-order chi connectivity index (χ0) is 16.4. The number of carbonyl (C=O) groups is 1. The second kappa shape index (κ2) is 5.96. The topological polar surface area (TPSA) is 68.0 Å². The van der Waals surface area contributed by atoms with Crippen LogP contribution in [0.25, 0.3) is 11.5 Å². The summed E-state index contributed by atoms with van der Waals surface area (Å²) in [6.45, 7) is 1.67. The van der Waals surface area contributed by atoms with E-state index in [2.05, 4.69) is 15.5 Å². The number of aryl methyl sites for hydroxylation is 1. The molecule has 0 fully saturated rings. The van der Waals surface area contributed by atoms with Gasteiger partial charge in [-0.2, -0.15) is 0 Å². The normalized spacial score (nSPS) is 10.6. The van der Waals surface area contributed by atoms with E-state index in [-0.39, 0.29) is 5.56 Å². The van der Waals surface area contributed by atoms with E-state index in [0.29, 0.717) is 17.3 Å². The Labute approximate surface area is 130 Å². The maximum Gasteiger partial charge on any atom is 0.255 e. The third-order valence-electron chi connectivity index (χ3n) is 3.12. The Morgan fingerprint density at radius 3 is 2.26 bits per heavy atom. The molecule has 0 bridgehead atoms. The second-order valence-electron chi connectivity index (χ2n) is 4.75. The maximum absolute atomic E-state index is 13.5. The first-order valence-electron chi connectivity index (χ1n) is 6.70. The molecule has 3 rings (SSSR count). The fourth-order valence-corrected chi connectivity index (χ4v) is 1.98. The quantitative estimate of drug-likeness (QED) is 0.802. The van der Waals surface area contributed by atoms with Crippen LogP contribution in [0, 0.1) is 18.6 Å². The Bertz CT molecular complexity index is 840. The fourth-order valence-electron chi connectivity index (χ4n) is 1.98. The van der Waals surface area contributed by atoms with Gasteiger partial charge < -0.3 is 9.73 Å². The molecule has 0 spiro atoms. The molecule has 3 aromatic rings. The number of hydrogen-bond donors (Lipinski definition) is 1. The second-order valence-corrected chi connectivity index (χ2v) is 4.75. The van der Waals surface area contributed by atoms with Crippen LogP contribution in [-0.4, -0.2) is 16.1 Å². The summed E-state index contributed by atoms with van der Waals surface area (Å²) in [5.74, 6) is -1.54. The van der Waals surface area contributed by atoms with Crippen molar-refractivity contribution in [3.8, 4) is 11.5 Å². The van der Waals surface area contributed by atoms with E-state index >= 15 is 0 Å². The highest BCUT2D eigenvalue weighted by Gasteiger charge is 2.14. The Hall–Kier alpha value is -3.09. The zero-order valence-corrected chi connectivity index (χ0v) is 12.0. The molecule has 0 saturated heterocycles. The third kappa shape index (κ3) is 3.08. The number of nitrogens with zero attached hydrogens (tertiary/aromatic N) is 2. The number of halogens is 2. The lowest BCUT2D eigenvalue weighted by Crippen LogP contribution is -2.14. The van der Waals surface area contributed by atoms with Crippen molar-refractivity contribution in [1.29, 1.82) is 0 Å². The van der Waals surface area contributed by atoms with Crippen molar-refractivity contribution in [2.45, 2.75) is 6.92 Å². The highest BCUT2D eigenvalue weighted by Crippen LogP contribution is 2.21. The molecular weight excluding hydrogens is 304 g/mol. The van der Waals surface area contributed by atoms with E-state index in [9.17, 15) is 13.6 Å². The summed E-state index contributed by atoms with van der Waals surface area (Å²) in [6, 6.07) is 9.59. The molecule has 0 radical (unpaired) electrons. The van der Waals surface area contributed by atoms with Crippen LogP contribution in [0.15, 0.2) is 46.9 Å². The molecule has 23 heavy (non-hydrogen) atoms. The molecule has 2 aromatic carbocycles. The van der Waals surface area contributed by atoms with Crippen LogP contribution in [-0.2, 0) is 0 Å². The summed E-state index contributed by atoms with van der Waals surface area (Å²) in [5.41, 5.74) is 0.404. The van der Waals surface area contributed by atoms with Crippen LogP contribution in [0.4, 0.5) is 14.5 Å². The largest absolute Gasteiger partial charge is 0.421 e. The molecule has 1 aromatic heterocycles. The molecule has 0 atom stereocenters. The van der Waals surface area contributed by atoms with Crippen LogP contribution in [0.2, 0.25) is 0 Å². The van der Waals surface area contributed by atoms with Gasteiger partial charge in [0.15, 0.2) is 0 Å². The van der Waals surface area contributed by atoms with Crippen molar-refractivity contribution in [3.05, 3.63) is 65.6 Å². The molecule has 5 nitrogen and oxygen atoms in total. The van der Waals surface area contributed by atoms with Crippen molar-refractivity contribution in [2.24, 2.45) is 0 Å². The van der Waals surface area contributed by atoms with Gasteiger partial charge in [-0.05, 0) is 36.4 Å². The Kier molecular flexibility index (Phi) is 3.84. The molecule has 0 aliphatic rings. The van der Waals surface area contributed by atoms with Gasteiger partial charge in [0.25, 0.3) is 5.91 Å². The first kappa shape index (κ1) is 14.8. The van der Waals surface area contributed by atoms with Gasteiger partial charge in [-0.15, -0.1) is 10.2 Å². The third-order valence-corrected chi connectivity index (χ3v) is 3.12. The van der Waals surface area contributed by atoms with E-state index in [4.69, 9.17) is 4.42 Å². The molecule has 1 N–H and O–H groups in total. The molecule has 116 valence electrons. The van der Waals surface area contributed by atoms with E-state index in [0.717, 1.165) is 12.1 Å². The summed E-state index contributed by atoms with van der Waals surface area (Å²) in [5, 5.41) is 9.80. The number of amides is 1. The number of rotatable bonds is 3. The van der Waals surface area contributed by atoms with Gasteiger partial charge in [0.1, 0.15) is 17.3 Å². The summed E-state index contributed by atoms with van der Waals surface area (Å²) in [4.78, 5) is 12.1. The van der Waals surface area contributed by atoms with E-state index < -0.39 is 23.2 Å². The standard InChI is InChI=1S/C16H11F2N3O2/c1-9-20-21-16(23-9)11-7-5-10(6-8-11)15(22)19-14-12(17)3-2-4-13(14)18/h2-8H,1H3,(H,19,22). The minimum atomic E-state index is -0.837. The van der Waals surface area contributed by atoms with Crippen LogP contribution >= 0.6 is 0 Å². The van der Waals surface area contributed by atoms with Crippen molar-refractivity contribution in [2.75, 3.05) is 5.32 Å². The number of aromatic nitrogens is 2. The highest BCUT2D eigenvalue weighted by molar-refractivity contribution is 6.04. The van der Waals surface area contributed by atoms with E-state index in [1.165, 1.54) is 18.2 Å². The number of carbonyl (C=O) groups excluding carboxylic acids is 1. The minimum Gasteiger partial charge on any atom is -0.421 e. The number of benzene rings is 2. The Morgan fingerprint density at radius 1 is 1.04 bits per heavy atom. The van der Waals surface area contributed by atoms with Crippen LogP contribution in [0.1, 0.15) is 16.2 Å². The van der Waals surface area contributed by atoms with Crippen molar-refractivity contribution in [3.63, 3.8) is 0 Å². The summed E-state index contributed by atoms with van der Waals surface area (Å²) in [7, 11) is 0. The van der Waals surface area contributed by atoms with Crippen molar-refractivity contribution < 1.29 is 18.0 Å². The van der Waals surface area contributed by atoms with Crippen molar-refractivity contribution >= 4 is 11.6 Å². The van der Waals surface area contributed by atoms with Gasteiger partial charge in [-0.3, -0.25) is 4.79 Å². The lowest BCUT2D eigenvalue weighted by atomic mass is 10.1.